The van der Waals surface area contributed by atoms with E-state index in [0.717, 1.165) is 6.42 Å². The quantitative estimate of drug-likeness (QED) is 0.801. The van der Waals surface area contributed by atoms with Gasteiger partial charge in [0.2, 0.25) is 5.91 Å². The molecule has 0 heterocycles. The maximum Gasteiger partial charge on any atom is 0.216 e. The summed E-state index contributed by atoms with van der Waals surface area (Å²) in [6.45, 7) is 16.6. The van der Waals surface area contributed by atoms with Gasteiger partial charge in [-0.1, -0.05) is 48.5 Å². The molecule has 0 aliphatic heterocycles. The molecule has 0 aliphatic carbocycles. The summed E-state index contributed by atoms with van der Waals surface area (Å²) < 4.78 is 0. The van der Waals surface area contributed by atoms with Gasteiger partial charge in [0.25, 0.3) is 0 Å². The van der Waals surface area contributed by atoms with Crippen LogP contribution in [0.4, 0.5) is 0 Å². The first-order valence-electron chi connectivity index (χ1n) is 7.03. The number of Topliss-reactive ketones (excluding diaryl/α,β-unsaturated/α-hetero) is 1. The SMILES string of the molecule is CC(=O)NCC(C)(C)CC(C)(C)CC(=O)C(C)(C)C. The Kier molecular flexibility index (Phi) is 5.79. The molecule has 0 fully saturated rings. The van der Waals surface area contributed by atoms with E-state index in [9.17, 15) is 9.59 Å². The normalized spacial score (nSPS) is 13.3. The lowest BCUT2D eigenvalue weighted by atomic mass is 9.70. The van der Waals surface area contributed by atoms with E-state index < -0.39 is 0 Å². The summed E-state index contributed by atoms with van der Waals surface area (Å²) in [4.78, 5) is 23.2. The maximum atomic E-state index is 12.2. The van der Waals surface area contributed by atoms with Crippen LogP contribution in [0.15, 0.2) is 0 Å². The molecule has 0 aromatic heterocycles. The topological polar surface area (TPSA) is 46.2 Å². The predicted octanol–water partition coefficient (Wildman–Crippen LogP) is 3.57. The van der Waals surface area contributed by atoms with Gasteiger partial charge >= 0.3 is 0 Å². The number of hydrogen-bond donors (Lipinski definition) is 1. The highest BCUT2D eigenvalue weighted by atomic mass is 16.1. The Bertz CT molecular complexity index is 335. The van der Waals surface area contributed by atoms with E-state index in [4.69, 9.17) is 0 Å². The lowest BCUT2D eigenvalue weighted by Gasteiger charge is -2.36. The van der Waals surface area contributed by atoms with Crippen LogP contribution in [-0.4, -0.2) is 18.2 Å². The Balaban J connectivity index is 4.58. The lowest BCUT2D eigenvalue weighted by molar-refractivity contribution is -0.129. The number of nitrogens with one attached hydrogen (secondary N) is 1. The van der Waals surface area contributed by atoms with Crippen molar-refractivity contribution in [2.24, 2.45) is 16.2 Å². The standard InChI is InChI=1S/C16H31NO2/c1-12(18)17-11-16(7,8)10-15(5,6)9-13(19)14(2,3)4/h9-11H2,1-8H3,(H,17,18). The molecule has 0 aliphatic rings. The summed E-state index contributed by atoms with van der Waals surface area (Å²) in [6, 6.07) is 0. The summed E-state index contributed by atoms with van der Waals surface area (Å²) in [7, 11) is 0. The Labute approximate surface area is 118 Å². The van der Waals surface area contributed by atoms with Crippen molar-refractivity contribution >= 4 is 11.7 Å². The van der Waals surface area contributed by atoms with Gasteiger partial charge in [-0.2, -0.15) is 0 Å². The van der Waals surface area contributed by atoms with E-state index in [2.05, 4.69) is 33.0 Å². The Morgan fingerprint density at radius 1 is 0.895 bits per heavy atom. The van der Waals surface area contributed by atoms with Gasteiger partial charge in [0.05, 0.1) is 0 Å². The first-order chi connectivity index (χ1) is 8.25. The highest BCUT2D eigenvalue weighted by Crippen LogP contribution is 2.37. The molecule has 1 amide bonds. The van der Waals surface area contributed by atoms with Crippen LogP contribution < -0.4 is 5.32 Å². The summed E-state index contributed by atoms with van der Waals surface area (Å²) in [5, 5.41) is 2.87. The minimum Gasteiger partial charge on any atom is -0.356 e. The third-order valence-corrected chi connectivity index (χ3v) is 3.25. The van der Waals surface area contributed by atoms with Gasteiger partial charge in [-0.05, 0) is 17.3 Å². The van der Waals surface area contributed by atoms with E-state index >= 15 is 0 Å². The van der Waals surface area contributed by atoms with Crippen molar-refractivity contribution in [3.05, 3.63) is 0 Å². The smallest absolute Gasteiger partial charge is 0.216 e. The zero-order valence-corrected chi connectivity index (χ0v) is 13.9. The Hall–Kier alpha value is -0.860. The fraction of sp³-hybridized carbons (Fsp3) is 0.875. The maximum absolute atomic E-state index is 12.2. The highest BCUT2D eigenvalue weighted by molar-refractivity contribution is 5.84. The van der Waals surface area contributed by atoms with Crippen molar-refractivity contribution in [1.29, 1.82) is 0 Å². The van der Waals surface area contributed by atoms with Gasteiger partial charge in [0.15, 0.2) is 0 Å². The fourth-order valence-electron chi connectivity index (χ4n) is 2.48. The summed E-state index contributed by atoms with van der Waals surface area (Å²) >= 11 is 0. The summed E-state index contributed by atoms with van der Waals surface area (Å²) in [5.41, 5.74) is -0.335. The molecule has 1 N–H and O–H groups in total. The first-order valence-corrected chi connectivity index (χ1v) is 7.03. The third-order valence-electron chi connectivity index (χ3n) is 3.25. The van der Waals surface area contributed by atoms with Gasteiger partial charge in [0, 0.05) is 25.3 Å². The number of hydrogen-bond acceptors (Lipinski definition) is 2. The van der Waals surface area contributed by atoms with Gasteiger partial charge in [0.1, 0.15) is 5.78 Å². The van der Waals surface area contributed by atoms with Gasteiger partial charge in [-0.15, -0.1) is 0 Å². The van der Waals surface area contributed by atoms with Gasteiger partial charge < -0.3 is 5.32 Å². The van der Waals surface area contributed by atoms with Gasteiger partial charge in [-0.3, -0.25) is 9.59 Å². The predicted molar refractivity (Wildman–Crippen MR) is 79.9 cm³/mol. The van der Waals surface area contributed by atoms with Crippen molar-refractivity contribution in [3.8, 4) is 0 Å². The molecule has 3 nitrogen and oxygen atoms in total. The Morgan fingerprint density at radius 3 is 1.74 bits per heavy atom. The number of amides is 1. The monoisotopic (exact) mass is 269 g/mol. The molecule has 19 heavy (non-hydrogen) atoms. The van der Waals surface area contributed by atoms with E-state index in [1.54, 1.807) is 0 Å². The molecular weight excluding hydrogens is 238 g/mol. The molecule has 0 bridgehead atoms. The average molecular weight is 269 g/mol. The molecule has 0 unspecified atom stereocenters. The molecule has 0 rings (SSSR count). The van der Waals surface area contributed by atoms with Crippen molar-refractivity contribution in [1.82, 2.24) is 5.32 Å². The van der Waals surface area contributed by atoms with Crippen molar-refractivity contribution < 1.29 is 9.59 Å². The van der Waals surface area contributed by atoms with Crippen LogP contribution in [0, 0.1) is 16.2 Å². The van der Waals surface area contributed by atoms with Crippen LogP contribution in [-0.2, 0) is 9.59 Å². The molecule has 0 atom stereocenters. The van der Waals surface area contributed by atoms with Crippen molar-refractivity contribution in [2.45, 2.75) is 68.2 Å². The summed E-state index contributed by atoms with van der Waals surface area (Å²) in [5.74, 6) is 0.296. The first kappa shape index (κ1) is 18.1. The number of carbonyl (C=O) groups is 2. The molecule has 0 aromatic rings. The lowest BCUT2D eigenvalue weighted by Crippen LogP contribution is -2.37. The van der Waals surface area contributed by atoms with Crippen LogP contribution in [0.2, 0.25) is 0 Å². The molecule has 0 radical (unpaired) electrons. The fourth-order valence-corrected chi connectivity index (χ4v) is 2.48. The molecule has 0 saturated heterocycles. The van der Waals surface area contributed by atoms with E-state index in [0.29, 0.717) is 18.7 Å². The summed E-state index contributed by atoms with van der Waals surface area (Å²) in [6.07, 6.45) is 1.49. The van der Waals surface area contributed by atoms with Crippen molar-refractivity contribution in [2.75, 3.05) is 6.54 Å². The zero-order valence-electron chi connectivity index (χ0n) is 13.9. The largest absolute Gasteiger partial charge is 0.356 e. The molecule has 112 valence electrons. The second-order valence-electron chi connectivity index (χ2n) is 8.26. The Morgan fingerprint density at radius 2 is 1.37 bits per heavy atom. The average Bonchev–Trinajstić information content (AvgIpc) is 2.10. The van der Waals surface area contributed by atoms with Crippen LogP contribution in [0.1, 0.15) is 68.2 Å². The molecule has 0 saturated carbocycles. The van der Waals surface area contributed by atoms with Crippen LogP contribution in [0.25, 0.3) is 0 Å². The van der Waals surface area contributed by atoms with E-state index in [1.165, 1.54) is 6.92 Å². The molecule has 0 spiro atoms. The second kappa shape index (κ2) is 6.06. The minimum absolute atomic E-state index is 0.00310. The van der Waals surface area contributed by atoms with Gasteiger partial charge in [-0.25, -0.2) is 0 Å². The van der Waals surface area contributed by atoms with E-state index in [-0.39, 0.29) is 22.2 Å². The van der Waals surface area contributed by atoms with E-state index in [1.807, 2.05) is 20.8 Å². The zero-order chi connectivity index (χ0) is 15.5. The molecule has 0 aromatic carbocycles. The number of rotatable bonds is 6. The minimum atomic E-state index is -0.279. The third kappa shape index (κ3) is 8.02. The molecule has 3 heteroatoms. The molecular formula is C16H31NO2. The van der Waals surface area contributed by atoms with Crippen LogP contribution in [0.3, 0.4) is 0 Å². The number of carbonyl (C=O) groups excluding carboxylic acids is 2. The van der Waals surface area contributed by atoms with Crippen LogP contribution in [0.5, 0.6) is 0 Å². The second-order valence-corrected chi connectivity index (χ2v) is 8.26. The van der Waals surface area contributed by atoms with Crippen molar-refractivity contribution in [3.63, 3.8) is 0 Å². The van der Waals surface area contributed by atoms with Crippen LogP contribution >= 0.6 is 0 Å². The number of ketones is 1. The highest BCUT2D eigenvalue weighted by Gasteiger charge is 2.33.